The van der Waals surface area contributed by atoms with Crippen LogP contribution in [0.2, 0.25) is 0 Å². The van der Waals surface area contributed by atoms with E-state index in [1.54, 1.807) is 13.0 Å². The third kappa shape index (κ3) is 8.82. The Balaban J connectivity index is 0.00000316. The molecule has 1 aromatic rings. The highest BCUT2D eigenvalue weighted by atomic mass is 19.1. The zero-order valence-electron chi connectivity index (χ0n) is 23.8. The first-order chi connectivity index (χ1) is 17.0. The van der Waals surface area contributed by atoms with Crippen molar-refractivity contribution in [2.75, 3.05) is 5.32 Å². The fourth-order valence-corrected chi connectivity index (χ4v) is 4.24. The van der Waals surface area contributed by atoms with Gasteiger partial charge in [-0.2, -0.15) is 0 Å². The first-order valence-corrected chi connectivity index (χ1v) is 12.8. The zero-order valence-corrected chi connectivity index (χ0v) is 23.8. The monoisotopic (exact) mass is 491 g/mol. The molecule has 0 aromatic heterocycles. The number of hydrogen-bond acceptors (Lipinski definition) is 2. The molecular formula is C32H46FN3. The molecule has 2 rings (SSSR count). The van der Waals surface area contributed by atoms with Gasteiger partial charge in [-0.3, -0.25) is 4.99 Å². The summed E-state index contributed by atoms with van der Waals surface area (Å²) in [6.45, 7) is 22.5. The first-order valence-electron chi connectivity index (χ1n) is 12.8. The van der Waals surface area contributed by atoms with Crippen molar-refractivity contribution < 1.29 is 4.39 Å². The van der Waals surface area contributed by atoms with Gasteiger partial charge < -0.3 is 11.1 Å². The predicted molar refractivity (Wildman–Crippen MR) is 158 cm³/mol. The van der Waals surface area contributed by atoms with Crippen LogP contribution in [-0.4, -0.2) is 12.4 Å². The van der Waals surface area contributed by atoms with E-state index in [0.717, 1.165) is 29.6 Å². The third-order valence-corrected chi connectivity index (χ3v) is 6.55. The van der Waals surface area contributed by atoms with Gasteiger partial charge in [-0.05, 0) is 92.9 Å². The van der Waals surface area contributed by atoms with Crippen LogP contribution in [-0.2, 0) is 0 Å². The number of benzene rings is 1. The van der Waals surface area contributed by atoms with Crippen LogP contribution in [0.4, 0.5) is 10.1 Å². The molecule has 1 aliphatic carbocycles. The SMILES string of the molecule is C=C(/C=C(C)/C=C/C=C(C)/C=C/C1=C(C)C(N=CN)CCC1(C)C)Nc1ccc(C)c(C)c1F.CC. The molecular weight excluding hydrogens is 445 g/mol. The van der Waals surface area contributed by atoms with Crippen molar-refractivity contribution in [3.8, 4) is 0 Å². The van der Waals surface area contributed by atoms with Gasteiger partial charge in [0.05, 0.1) is 18.1 Å². The van der Waals surface area contributed by atoms with Crippen LogP contribution in [0.25, 0.3) is 0 Å². The minimum Gasteiger partial charge on any atom is -0.390 e. The fraction of sp³-hybridized carbons (Fsp3) is 0.406. The van der Waals surface area contributed by atoms with E-state index < -0.39 is 0 Å². The highest BCUT2D eigenvalue weighted by Crippen LogP contribution is 2.42. The van der Waals surface area contributed by atoms with Gasteiger partial charge in [-0.25, -0.2) is 4.39 Å². The van der Waals surface area contributed by atoms with Crippen molar-refractivity contribution in [1.82, 2.24) is 0 Å². The highest BCUT2D eigenvalue weighted by molar-refractivity contribution is 5.55. The van der Waals surface area contributed by atoms with E-state index in [1.807, 2.05) is 52.0 Å². The lowest BCUT2D eigenvalue weighted by atomic mass is 9.71. The molecule has 1 unspecified atom stereocenters. The van der Waals surface area contributed by atoms with Crippen LogP contribution in [0, 0.1) is 25.1 Å². The van der Waals surface area contributed by atoms with Gasteiger partial charge in [-0.15, -0.1) is 0 Å². The topological polar surface area (TPSA) is 50.4 Å². The van der Waals surface area contributed by atoms with Crippen molar-refractivity contribution in [1.29, 1.82) is 0 Å². The van der Waals surface area contributed by atoms with Gasteiger partial charge >= 0.3 is 0 Å². The van der Waals surface area contributed by atoms with Gasteiger partial charge in [0.25, 0.3) is 0 Å². The number of rotatable bonds is 8. The highest BCUT2D eigenvalue weighted by Gasteiger charge is 2.31. The van der Waals surface area contributed by atoms with E-state index in [1.165, 1.54) is 17.5 Å². The maximum Gasteiger partial charge on any atom is 0.149 e. The Morgan fingerprint density at radius 3 is 2.44 bits per heavy atom. The standard InChI is InChI=1S/C30H40FN3.C2H6/c1-20(12-14-26-25(6)27(33-19-32)16-17-30(26,7)8)10-9-11-21(2)18-23(4)34-28-15-13-22(3)24(5)29(28)31;1-2/h9-15,18-19,27,34H,4,16-17H2,1-3,5-8H3,(H2,32,33);1-2H3/b11-9+,14-12+,20-10+,21-18+;. The first kappa shape index (κ1) is 30.9. The van der Waals surface area contributed by atoms with Crippen LogP contribution < -0.4 is 11.1 Å². The number of nitrogens with zero attached hydrogens (tertiary/aromatic N) is 1. The number of aryl methyl sites for hydroxylation is 1. The van der Waals surface area contributed by atoms with E-state index in [0.29, 0.717) is 16.9 Å². The van der Waals surface area contributed by atoms with Crippen LogP contribution in [0.15, 0.2) is 88.1 Å². The van der Waals surface area contributed by atoms with Gasteiger partial charge in [0.1, 0.15) is 5.82 Å². The minimum absolute atomic E-state index is 0.124. The Labute approximate surface area is 219 Å². The quantitative estimate of drug-likeness (QED) is 0.217. The third-order valence-electron chi connectivity index (χ3n) is 6.55. The Bertz CT molecular complexity index is 1090. The Morgan fingerprint density at radius 2 is 1.81 bits per heavy atom. The van der Waals surface area contributed by atoms with Crippen molar-refractivity contribution >= 4 is 12.0 Å². The number of halogens is 1. The molecule has 3 nitrogen and oxygen atoms in total. The largest absolute Gasteiger partial charge is 0.390 e. The van der Waals surface area contributed by atoms with Crippen LogP contribution >= 0.6 is 0 Å². The second-order valence-electron chi connectivity index (χ2n) is 9.84. The molecule has 1 aromatic carbocycles. The summed E-state index contributed by atoms with van der Waals surface area (Å²) in [6, 6.07) is 3.83. The number of anilines is 1. The summed E-state index contributed by atoms with van der Waals surface area (Å²) >= 11 is 0. The normalized spacial score (nSPS) is 18.7. The van der Waals surface area contributed by atoms with E-state index in [9.17, 15) is 4.39 Å². The molecule has 0 fully saturated rings. The Morgan fingerprint density at radius 1 is 1.14 bits per heavy atom. The maximum atomic E-state index is 14.4. The van der Waals surface area contributed by atoms with E-state index in [-0.39, 0.29) is 17.3 Å². The minimum atomic E-state index is -0.235. The Kier molecular flexibility index (Phi) is 12.4. The molecule has 0 spiro atoms. The molecule has 4 heteroatoms. The van der Waals surface area contributed by atoms with Crippen LogP contribution in [0.5, 0.6) is 0 Å². The summed E-state index contributed by atoms with van der Waals surface area (Å²) < 4.78 is 14.4. The summed E-state index contributed by atoms with van der Waals surface area (Å²) in [6.07, 6.45) is 15.9. The average molecular weight is 492 g/mol. The average Bonchev–Trinajstić information content (AvgIpc) is 2.82. The van der Waals surface area contributed by atoms with Crippen molar-refractivity contribution in [3.63, 3.8) is 0 Å². The lowest BCUT2D eigenvalue weighted by molar-refractivity contribution is 0.360. The van der Waals surface area contributed by atoms with Crippen molar-refractivity contribution in [3.05, 3.63) is 100 Å². The molecule has 0 saturated carbocycles. The number of hydrogen-bond donors (Lipinski definition) is 2. The lowest BCUT2D eigenvalue weighted by Crippen LogP contribution is -2.26. The van der Waals surface area contributed by atoms with Crippen LogP contribution in [0.1, 0.15) is 72.4 Å². The second kappa shape index (κ2) is 14.4. The molecule has 1 atom stereocenters. The van der Waals surface area contributed by atoms with Crippen LogP contribution in [0.3, 0.4) is 0 Å². The molecule has 0 saturated heterocycles. The molecule has 1 aliphatic rings. The van der Waals surface area contributed by atoms with Gasteiger partial charge in [0, 0.05) is 5.70 Å². The summed E-state index contributed by atoms with van der Waals surface area (Å²) in [5, 5.41) is 3.06. The van der Waals surface area contributed by atoms with E-state index in [2.05, 4.69) is 62.8 Å². The predicted octanol–water partition coefficient (Wildman–Crippen LogP) is 8.89. The van der Waals surface area contributed by atoms with Gasteiger partial charge in [0.2, 0.25) is 0 Å². The fourth-order valence-electron chi connectivity index (χ4n) is 4.24. The summed E-state index contributed by atoms with van der Waals surface area (Å²) in [7, 11) is 0. The Hall–Kier alpha value is -3.14. The molecule has 0 radical (unpaired) electrons. The van der Waals surface area contributed by atoms with Crippen molar-refractivity contribution in [2.24, 2.45) is 16.1 Å². The van der Waals surface area contributed by atoms with E-state index >= 15 is 0 Å². The maximum absolute atomic E-state index is 14.4. The van der Waals surface area contributed by atoms with E-state index in [4.69, 9.17) is 5.73 Å². The molecule has 0 bridgehead atoms. The summed E-state index contributed by atoms with van der Waals surface area (Å²) in [5.74, 6) is -0.235. The summed E-state index contributed by atoms with van der Waals surface area (Å²) in [4.78, 5) is 4.44. The lowest BCUT2D eigenvalue weighted by Gasteiger charge is -2.36. The van der Waals surface area contributed by atoms with Gasteiger partial charge in [-0.1, -0.05) is 76.3 Å². The number of nitrogens with two attached hydrogens (primary N) is 1. The number of nitrogens with one attached hydrogen (secondary N) is 1. The van der Waals surface area contributed by atoms with Crippen molar-refractivity contribution in [2.45, 2.75) is 81.2 Å². The van der Waals surface area contributed by atoms with Gasteiger partial charge in [0.15, 0.2) is 0 Å². The number of aliphatic imine (C=N–C) groups is 1. The molecule has 0 amide bonds. The molecule has 0 aliphatic heterocycles. The smallest absolute Gasteiger partial charge is 0.149 e. The molecule has 3 N–H and O–H groups in total. The summed E-state index contributed by atoms with van der Waals surface area (Å²) in [5.41, 5.74) is 13.1. The molecule has 196 valence electrons. The molecule has 36 heavy (non-hydrogen) atoms. The second-order valence-corrected chi connectivity index (χ2v) is 9.84. The zero-order chi connectivity index (χ0) is 27.5. The molecule has 0 heterocycles. The number of allylic oxidation sites excluding steroid dienone is 9.